The van der Waals surface area contributed by atoms with Crippen LogP contribution in [0.4, 0.5) is 0 Å². The van der Waals surface area contributed by atoms with Crippen molar-refractivity contribution >= 4 is 56.8 Å². The monoisotopic (exact) mass is 548 g/mol. The molecule has 2 aromatic rings. The molecule has 2 rings (SSSR count). The Balaban J connectivity index is 2.74. The van der Waals surface area contributed by atoms with Crippen LogP contribution < -0.4 is 10.4 Å². The Bertz CT molecular complexity index is 843. The average molecular weight is 550 g/mol. The average Bonchev–Trinajstić information content (AvgIpc) is 2.71. The first-order valence-electron chi connectivity index (χ1n) is 10.1. The number of allylic oxidation sites excluding steroid dienone is 1. The molecule has 160 valence electrons. The van der Waals surface area contributed by atoms with Crippen LogP contribution in [-0.4, -0.2) is 20.7 Å². The Morgan fingerprint density at radius 2 is 1.40 bits per heavy atom. The predicted octanol–water partition coefficient (Wildman–Crippen LogP) is 6.34. The Morgan fingerprint density at radius 1 is 0.933 bits per heavy atom. The summed E-state index contributed by atoms with van der Waals surface area (Å²) < 4.78 is 8.07. The molecule has 0 spiro atoms. The first kappa shape index (κ1) is 25.0. The number of aldehydes is 1. The number of benzene rings is 2. The summed E-state index contributed by atoms with van der Waals surface area (Å²) in [6, 6.07) is 21.2. The molecule has 0 amide bonds. The van der Waals surface area contributed by atoms with E-state index in [0.717, 1.165) is 9.68 Å². The van der Waals surface area contributed by atoms with E-state index in [0.29, 0.717) is 5.57 Å². The molecule has 0 bridgehead atoms. The molecule has 0 N–H and O–H groups in total. The number of carbonyl (C=O) groups is 1. The van der Waals surface area contributed by atoms with Gasteiger partial charge in [0.25, 0.3) is 8.32 Å². The van der Waals surface area contributed by atoms with Crippen LogP contribution in [0.5, 0.6) is 0 Å². The highest BCUT2D eigenvalue weighted by molar-refractivity contribution is 9.28. The number of hydrogen-bond acceptors (Lipinski definition) is 2. The van der Waals surface area contributed by atoms with Gasteiger partial charge in [-0.2, -0.15) is 0 Å². The van der Waals surface area contributed by atoms with Gasteiger partial charge in [-0.1, -0.05) is 94.4 Å². The normalized spacial score (nSPS) is 14.7. The molecule has 5 heteroatoms. The van der Waals surface area contributed by atoms with Gasteiger partial charge in [-0.15, -0.1) is 0 Å². The van der Waals surface area contributed by atoms with Gasteiger partial charge in [-0.05, 0) is 65.8 Å². The summed E-state index contributed by atoms with van der Waals surface area (Å²) in [5.74, 6) is 0.0157. The van der Waals surface area contributed by atoms with Gasteiger partial charge < -0.3 is 4.43 Å². The molecule has 2 aromatic carbocycles. The lowest BCUT2D eigenvalue weighted by Gasteiger charge is -2.45. The first-order chi connectivity index (χ1) is 14.1. The van der Waals surface area contributed by atoms with Gasteiger partial charge in [0.1, 0.15) is 6.29 Å². The van der Waals surface area contributed by atoms with Crippen LogP contribution in [0.1, 0.15) is 34.6 Å². The Kier molecular flexibility index (Phi) is 9.04. The minimum absolute atomic E-state index is 0.0157. The van der Waals surface area contributed by atoms with Gasteiger partial charge in [0.2, 0.25) is 0 Å². The molecule has 0 radical (unpaired) electrons. The third-order valence-electron chi connectivity index (χ3n) is 5.25. The van der Waals surface area contributed by atoms with Gasteiger partial charge in [0.15, 0.2) is 0 Å². The molecule has 0 aliphatic carbocycles. The van der Waals surface area contributed by atoms with E-state index in [2.05, 4.69) is 108 Å². The molecule has 0 aromatic heterocycles. The fraction of sp³-hybridized carbons (Fsp3) is 0.320. The highest BCUT2D eigenvalue weighted by atomic mass is 79.9. The molecule has 0 aliphatic rings. The van der Waals surface area contributed by atoms with E-state index in [1.807, 2.05) is 31.2 Å². The molecule has 30 heavy (non-hydrogen) atoms. The molecule has 0 fully saturated rings. The molecular weight excluding hydrogens is 520 g/mol. The van der Waals surface area contributed by atoms with Crippen LogP contribution in [0.15, 0.2) is 81.8 Å². The van der Waals surface area contributed by atoms with E-state index in [9.17, 15) is 4.79 Å². The summed E-state index contributed by atoms with van der Waals surface area (Å²) in [6.45, 7) is 10.7. The summed E-state index contributed by atoms with van der Waals surface area (Å²) in [6.07, 6.45) is 4.69. The maximum absolute atomic E-state index is 11.2. The van der Waals surface area contributed by atoms with E-state index in [1.165, 1.54) is 10.4 Å². The second-order valence-corrected chi connectivity index (χ2v) is 15.6. The van der Waals surface area contributed by atoms with E-state index >= 15 is 0 Å². The van der Waals surface area contributed by atoms with Crippen molar-refractivity contribution in [1.29, 1.82) is 0 Å². The molecule has 0 saturated heterocycles. The predicted molar refractivity (Wildman–Crippen MR) is 137 cm³/mol. The Morgan fingerprint density at radius 3 is 1.77 bits per heavy atom. The fourth-order valence-corrected chi connectivity index (χ4v) is 9.09. The van der Waals surface area contributed by atoms with Gasteiger partial charge >= 0.3 is 0 Å². The van der Waals surface area contributed by atoms with Gasteiger partial charge in [-0.25, -0.2) is 0 Å². The highest BCUT2D eigenvalue weighted by Gasteiger charge is 2.51. The van der Waals surface area contributed by atoms with Crippen LogP contribution in [0, 0.1) is 5.92 Å². The minimum atomic E-state index is -2.71. The van der Waals surface area contributed by atoms with Gasteiger partial charge in [-0.3, -0.25) is 4.79 Å². The molecule has 0 unspecified atom stereocenters. The van der Waals surface area contributed by atoms with Gasteiger partial charge in [0, 0.05) is 5.92 Å². The lowest BCUT2D eigenvalue weighted by Crippen LogP contribution is -2.68. The molecule has 2 nitrogen and oxygen atoms in total. The minimum Gasteiger partial charge on any atom is -0.400 e. The SMILES string of the molecule is C/C(C=O)=C\[C@H](C)[C@@H](C=C(Br)Br)O[Si](c1ccccc1)(c1ccccc1)C(C)(C)C. The zero-order valence-corrected chi connectivity index (χ0v) is 22.4. The smallest absolute Gasteiger partial charge is 0.261 e. The standard InChI is InChI=1S/C25H30Br2O2Si/c1-19(18-28)16-20(2)23(17-24(26)27)29-30(25(3,4)5,21-12-8-6-9-13-21)22-14-10-7-11-15-22/h6-18,20,23H,1-5H3/b19-16+/t20-,23+/m0/s1. The molecule has 0 saturated carbocycles. The van der Waals surface area contributed by atoms with Crippen molar-refractivity contribution < 1.29 is 9.22 Å². The molecule has 2 atom stereocenters. The summed E-state index contributed by atoms with van der Waals surface area (Å²) in [5, 5.41) is 2.34. The van der Waals surface area contributed by atoms with Crippen LogP contribution >= 0.6 is 31.9 Å². The van der Waals surface area contributed by atoms with Crippen LogP contribution in [0.3, 0.4) is 0 Å². The summed E-state index contributed by atoms with van der Waals surface area (Å²) in [7, 11) is -2.71. The van der Waals surface area contributed by atoms with Crippen LogP contribution in [0.2, 0.25) is 5.04 Å². The fourth-order valence-electron chi connectivity index (χ4n) is 3.86. The van der Waals surface area contributed by atoms with E-state index in [-0.39, 0.29) is 17.1 Å². The van der Waals surface area contributed by atoms with Gasteiger partial charge in [0.05, 0.1) is 9.50 Å². The number of halogens is 2. The molecular formula is C25H30Br2O2Si. The molecule has 0 heterocycles. The van der Waals surface area contributed by atoms with Crippen molar-refractivity contribution in [2.24, 2.45) is 5.92 Å². The number of hydrogen-bond donors (Lipinski definition) is 0. The zero-order chi connectivity index (χ0) is 22.4. The van der Waals surface area contributed by atoms with Crippen molar-refractivity contribution in [3.63, 3.8) is 0 Å². The maximum atomic E-state index is 11.2. The third-order valence-corrected chi connectivity index (χ3v) is 10.8. The quantitative estimate of drug-likeness (QED) is 0.218. The number of carbonyl (C=O) groups excluding carboxylic acids is 1. The largest absolute Gasteiger partial charge is 0.400 e. The first-order valence-corrected chi connectivity index (χ1v) is 13.6. The van der Waals surface area contributed by atoms with Crippen molar-refractivity contribution in [1.82, 2.24) is 0 Å². The summed E-state index contributed by atoms with van der Waals surface area (Å²) in [4.78, 5) is 11.2. The highest BCUT2D eigenvalue weighted by Crippen LogP contribution is 2.39. The van der Waals surface area contributed by atoms with Crippen LogP contribution in [-0.2, 0) is 9.22 Å². The van der Waals surface area contributed by atoms with Crippen molar-refractivity contribution in [3.8, 4) is 0 Å². The second-order valence-electron chi connectivity index (χ2n) is 8.59. The third kappa shape index (κ3) is 5.91. The lowest BCUT2D eigenvalue weighted by atomic mass is 10.0. The van der Waals surface area contributed by atoms with E-state index in [4.69, 9.17) is 4.43 Å². The molecule has 0 aliphatic heterocycles. The van der Waals surface area contributed by atoms with Crippen LogP contribution in [0.25, 0.3) is 0 Å². The van der Waals surface area contributed by atoms with Crippen molar-refractivity contribution in [2.75, 3.05) is 0 Å². The Hall–Kier alpha value is -1.27. The number of rotatable bonds is 8. The topological polar surface area (TPSA) is 26.3 Å². The summed E-state index contributed by atoms with van der Waals surface area (Å²) in [5.41, 5.74) is 0.706. The van der Waals surface area contributed by atoms with Crippen molar-refractivity contribution in [3.05, 3.63) is 81.8 Å². The lowest BCUT2D eigenvalue weighted by molar-refractivity contribution is -0.104. The Labute approximate surface area is 198 Å². The second kappa shape index (κ2) is 10.8. The van der Waals surface area contributed by atoms with E-state index in [1.54, 1.807) is 0 Å². The summed E-state index contributed by atoms with van der Waals surface area (Å²) >= 11 is 7.04. The zero-order valence-electron chi connectivity index (χ0n) is 18.2. The van der Waals surface area contributed by atoms with Crippen molar-refractivity contribution in [2.45, 2.75) is 45.8 Å². The van der Waals surface area contributed by atoms with E-state index < -0.39 is 8.32 Å². The maximum Gasteiger partial charge on any atom is 0.261 e.